The summed E-state index contributed by atoms with van der Waals surface area (Å²) in [4.78, 5) is 12.2. The standard InChI is InChI=1S/C22H15Cl3N2O3/c23-17-5-4-15(19(24)10-17)13-30-21-6-3-14(9-20(21)25)8-16(11-26)22(28)27-12-18-2-1-7-29-18/h1-10H,12-13H2,(H,27,28)/b16-8+. The Kier molecular flexibility index (Phi) is 7.42. The molecule has 1 heterocycles. The molecular formula is C22H15Cl3N2O3. The van der Waals surface area contributed by atoms with Gasteiger partial charge < -0.3 is 14.5 Å². The summed E-state index contributed by atoms with van der Waals surface area (Å²) < 4.78 is 10.9. The molecule has 0 aliphatic heterocycles. The number of ether oxygens (including phenoxy) is 1. The molecule has 0 fully saturated rings. The normalized spacial score (nSPS) is 11.1. The number of halogens is 3. The van der Waals surface area contributed by atoms with Crippen LogP contribution >= 0.6 is 34.8 Å². The molecule has 0 aliphatic rings. The number of benzene rings is 2. The van der Waals surface area contributed by atoms with Crippen molar-refractivity contribution < 1.29 is 13.9 Å². The molecule has 0 unspecified atom stereocenters. The van der Waals surface area contributed by atoms with Crippen molar-refractivity contribution in [1.82, 2.24) is 5.32 Å². The van der Waals surface area contributed by atoms with Crippen molar-refractivity contribution in [3.8, 4) is 11.8 Å². The maximum Gasteiger partial charge on any atom is 0.262 e. The van der Waals surface area contributed by atoms with Gasteiger partial charge in [-0.2, -0.15) is 5.26 Å². The molecule has 1 aromatic heterocycles. The highest BCUT2D eigenvalue weighted by Crippen LogP contribution is 2.29. The number of hydrogen-bond acceptors (Lipinski definition) is 4. The zero-order valence-electron chi connectivity index (χ0n) is 15.5. The van der Waals surface area contributed by atoms with Crippen LogP contribution in [0.3, 0.4) is 0 Å². The van der Waals surface area contributed by atoms with Gasteiger partial charge in [0.2, 0.25) is 0 Å². The Hall–Kier alpha value is -2.91. The summed E-state index contributed by atoms with van der Waals surface area (Å²) >= 11 is 18.3. The number of nitriles is 1. The molecule has 0 spiro atoms. The molecule has 30 heavy (non-hydrogen) atoms. The van der Waals surface area contributed by atoms with Crippen LogP contribution in [-0.2, 0) is 17.9 Å². The predicted molar refractivity (Wildman–Crippen MR) is 116 cm³/mol. The number of nitrogens with zero attached hydrogens (tertiary/aromatic N) is 1. The van der Waals surface area contributed by atoms with Crippen molar-refractivity contribution in [2.24, 2.45) is 0 Å². The van der Waals surface area contributed by atoms with Gasteiger partial charge in [-0.3, -0.25) is 4.79 Å². The minimum Gasteiger partial charge on any atom is -0.487 e. The van der Waals surface area contributed by atoms with Gasteiger partial charge in [0.25, 0.3) is 5.91 Å². The van der Waals surface area contributed by atoms with E-state index in [0.717, 1.165) is 5.56 Å². The van der Waals surface area contributed by atoms with E-state index in [9.17, 15) is 10.1 Å². The molecule has 0 aliphatic carbocycles. The van der Waals surface area contributed by atoms with E-state index >= 15 is 0 Å². The Bertz CT molecular complexity index is 1120. The Balaban J connectivity index is 1.66. The van der Waals surface area contributed by atoms with Crippen LogP contribution in [0.15, 0.2) is 64.8 Å². The Morgan fingerprint density at radius 1 is 1.13 bits per heavy atom. The zero-order chi connectivity index (χ0) is 21.5. The molecule has 152 valence electrons. The maximum atomic E-state index is 12.2. The molecule has 0 bridgehead atoms. The van der Waals surface area contributed by atoms with Crippen LogP contribution in [0.25, 0.3) is 6.08 Å². The molecule has 2 aromatic carbocycles. The third-order valence-corrected chi connectivity index (χ3v) is 4.92. The third-order valence-electron chi connectivity index (χ3n) is 4.03. The van der Waals surface area contributed by atoms with Crippen molar-refractivity contribution in [3.05, 3.63) is 92.3 Å². The Morgan fingerprint density at radius 3 is 2.63 bits per heavy atom. The summed E-state index contributed by atoms with van der Waals surface area (Å²) in [5, 5.41) is 13.3. The fraction of sp³-hybridized carbons (Fsp3) is 0.0909. The van der Waals surface area contributed by atoms with Crippen LogP contribution in [0.2, 0.25) is 15.1 Å². The summed E-state index contributed by atoms with van der Waals surface area (Å²) in [6.07, 6.45) is 2.96. The van der Waals surface area contributed by atoms with E-state index < -0.39 is 5.91 Å². The second kappa shape index (κ2) is 10.2. The SMILES string of the molecule is N#C/C(=C\c1ccc(OCc2ccc(Cl)cc2Cl)c(Cl)c1)C(=O)NCc1ccco1. The number of nitrogens with one attached hydrogen (secondary N) is 1. The second-order valence-electron chi connectivity index (χ2n) is 6.15. The third kappa shape index (κ3) is 5.80. The number of carbonyl (C=O) groups excluding carboxylic acids is 1. The summed E-state index contributed by atoms with van der Waals surface area (Å²) in [5.74, 6) is 0.523. The van der Waals surface area contributed by atoms with Gasteiger partial charge in [0.15, 0.2) is 0 Å². The quantitative estimate of drug-likeness (QED) is 0.344. The van der Waals surface area contributed by atoms with E-state index in [1.54, 1.807) is 48.5 Å². The van der Waals surface area contributed by atoms with E-state index in [1.807, 2.05) is 6.07 Å². The first-order valence-electron chi connectivity index (χ1n) is 8.75. The smallest absolute Gasteiger partial charge is 0.262 e. The van der Waals surface area contributed by atoms with Crippen molar-refractivity contribution in [2.45, 2.75) is 13.2 Å². The molecule has 3 rings (SSSR count). The lowest BCUT2D eigenvalue weighted by Gasteiger charge is -2.10. The number of rotatable bonds is 7. The van der Waals surface area contributed by atoms with Gasteiger partial charge in [0.1, 0.15) is 29.8 Å². The van der Waals surface area contributed by atoms with Crippen LogP contribution in [0.4, 0.5) is 0 Å². The molecule has 0 atom stereocenters. The largest absolute Gasteiger partial charge is 0.487 e. The number of furan rings is 1. The summed E-state index contributed by atoms with van der Waals surface area (Å²) in [5.41, 5.74) is 1.29. The van der Waals surface area contributed by atoms with Crippen molar-refractivity contribution in [2.75, 3.05) is 0 Å². The van der Waals surface area contributed by atoms with Crippen LogP contribution in [-0.4, -0.2) is 5.91 Å². The average molecular weight is 462 g/mol. The molecular weight excluding hydrogens is 447 g/mol. The molecule has 0 saturated heterocycles. The van der Waals surface area contributed by atoms with Gasteiger partial charge >= 0.3 is 0 Å². The van der Waals surface area contributed by atoms with Gasteiger partial charge in [0, 0.05) is 15.6 Å². The zero-order valence-corrected chi connectivity index (χ0v) is 17.8. The minimum absolute atomic E-state index is 0.0563. The van der Waals surface area contributed by atoms with Crippen LogP contribution < -0.4 is 10.1 Å². The lowest BCUT2D eigenvalue weighted by Crippen LogP contribution is -2.23. The van der Waals surface area contributed by atoms with E-state index in [1.165, 1.54) is 12.3 Å². The van der Waals surface area contributed by atoms with Gasteiger partial charge in [-0.15, -0.1) is 0 Å². The second-order valence-corrected chi connectivity index (χ2v) is 7.40. The first kappa shape index (κ1) is 21.8. The molecule has 5 nitrogen and oxygen atoms in total. The minimum atomic E-state index is -0.511. The van der Waals surface area contributed by atoms with Crippen molar-refractivity contribution in [1.29, 1.82) is 5.26 Å². The summed E-state index contributed by atoms with van der Waals surface area (Å²) in [6, 6.07) is 15.4. The van der Waals surface area contributed by atoms with Gasteiger partial charge in [0.05, 0.1) is 17.8 Å². The van der Waals surface area contributed by atoms with E-state index in [-0.39, 0.29) is 18.7 Å². The van der Waals surface area contributed by atoms with Crippen LogP contribution in [0.1, 0.15) is 16.9 Å². The molecule has 1 amide bonds. The number of carbonyl (C=O) groups is 1. The number of hydrogen-bond donors (Lipinski definition) is 1. The van der Waals surface area contributed by atoms with Crippen molar-refractivity contribution in [3.63, 3.8) is 0 Å². The first-order chi connectivity index (χ1) is 14.5. The van der Waals surface area contributed by atoms with E-state index in [2.05, 4.69) is 5.32 Å². The van der Waals surface area contributed by atoms with Crippen LogP contribution in [0.5, 0.6) is 5.75 Å². The topological polar surface area (TPSA) is 75.3 Å². The lowest BCUT2D eigenvalue weighted by atomic mass is 10.1. The molecule has 0 radical (unpaired) electrons. The molecule has 0 saturated carbocycles. The predicted octanol–water partition coefficient (Wildman–Crippen LogP) is 6.04. The monoisotopic (exact) mass is 460 g/mol. The van der Waals surface area contributed by atoms with Gasteiger partial charge in [-0.1, -0.05) is 46.9 Å². The molecule has 1 N–H and O–H groups in total. The average Bonchev–Trinajstić information content (AvgIpc) is 3.24. The Labute approximate surface area is 188 Å². The van der Waals surface area contributed by atoms with Crippen molar-refractivity contribution >= 4 is 46.8 Å². The Morgan fingerprint density at radius 2 is 1.97 bits per heavy atom. The van der Waals surface area contributed by atoms with Crippen LogP contribution in [0, 0.1) is 11.3 Å². The summed E-state index contributed by atoms with van der Waals surface area (Å²) in [6.45, 7) is 0.398. The van der Waals surface area contributed by atoms with E-state index in [4.69, 9.17) is 44.0 Å². The highest BCUT2D eigenvalue weighted by atomic mass is 35.5. The van der Waals surface area contributed by atoms with E-state index in [0.29, 0.717) is 32.1 Å². The first-order valence-corrected chi connectivity index (χ1v) is 9.88. The van der Waals surface area contributed by atoms with Gasteiger partial charge in [-0.25, -0.2) is 0 Å². The maximum absolute atomic E-state index is 12.2. The molecule has 8 heteroatoms. The number of amides is 1. The highest BCUT2D eigenvalue weighted by Gasteiger charge is 2.11. The fourth-order valence-corrected chi connectivity index (χ4v) is 3.22. The lowest BCUT2D eigenvalue weighted by molar-refractivity contribution is -0.117. The van der Waals surface area contributed by atoms with Gasteiger partial charge in [-0.05, 0) is 48.0 Å². The highest BCUT2D eigenvalue weighted by molar-refractivity contribution is 6.35. The fourth-order valence-electron chi connectivity index (χ4n) is 2.51. The molecule has 3 aromatic rings. The summed E-state index contributed by atoms with van der Waals surface area (Å²) in [7, 11) is 0.